The van der Waals surface area contributed by atoms with E-state index in [1.165, 1.54) is 0 Å². The van der Waals surface area contributed by atoms with Gasteiger partial charge in [0.15, 0.2) is 0 Å². The molecule has 0 bridgehead atoms. The Morgan fingerprint density at radius 2 is 1.58 bits per heavy atom. The van der Waals surface area contributed by atoms with Crippen LogP contribution in [0.5, 0.6) is 0 Å². The molecule has 2 nitrogen and oxygen atoms in total. The van der Waals surface area contributed by atoms with Crippen LogP contribution in [0.3, 0.4) is 0 Å². The van der Waals surface area contributed by atoms with Gasteiger partial charge in [-0.3, -0.25) is 4.79 Å². The van der Waals surface area contributed by atoms with E-state index in [0.29, 0.717) is 22.3 Å². The third-order valence-electron chi connectivity index (χ3n) is 4.91. The molecule has 0 heterocycles. The van der Waals surface area contributed by atoms with Crippen molar-refractivity contribution in [1.29, 1.82) is 0 Å². The van der Waals surface area contributed by atoms with Gasteiger partial charge in [-0.1, -0.05) is 59.6 Å². The van der Waals surface area contributed by atoms with Gasteiger partial charge in [-0.2, -0.15) is 0 Å². The molecule has 1 aliphatic carbocycles. The van der Waals surface area contributed by atoms with Gasteiger partial charge in [0.25, 0.3) is 5.91 Å². The van der Waals surface area contributed by atoms with E-state index in [-0.39, 0.29) is 5.91 Å². The lowest BCUT2D eigenvalue weighted by Gasteiger charge is -2.07. The lowest BCUT2D eigenvalue weighted by molar-refractivity contribution is 0.0950. The summed E-state index contributed by atoms with van der Waals surface area (Å²) in [6.07, 6.45) is 0. The van der Waals surface area contributed by atoms with Crippen molar-refractivity contribution >= 4 is 37.8 Å². The summed E-state index contributed by atoms with van der Waals surface area (Å²) in [5.41, 5.74) is 1.29. The van der Waals surface area contributed by atoms with Crippen molar-refractivity contribution in [1.82, 2.24) is 5.32 Å². The summed E-state index contributed by atoms with van der Waals surface area (Å²) in [5.74, 6) is 0.528. The first-order valence-electron chi connectivity index (χ1n) is 6.40. The fourth-order valence-electron chi connectivity index (χ4n) is 2.83. The quantitative estimate of drug-likeness (QED) is 0.803. The number of nitrogens with one attached hydrogen (secondary N) is 1. The molecule has 0 atom stereocenters. The molecule has 0 aliphatic heterocycles. The van der Waals surface area contributed by atoms with Crippen LogP contribution in [0.15, 0.2) is 27.1 Å². The van der Waals surface area contributed by atoms with Gasteiger partial charge in [0.1, 0.15) is 0 Å². The summed E-state index contributed by atoms with van der Waals surface area (Å²) < 4.78 is 1.80. The average molecular weight is 389 g/mol. The molecule has 1 amide bonds. The molecule has 19 heavy (non-hydrogen) atoms. The first-order chi connectivity index (χ1) is 8.66. The smallest absolute Gasteiger partial charge is 0.251 e. The van der Waals surface area contributed by atoms with Crippen LogP contribution in [0, 0.1) is 16.7 Å². The van der Waals surface area contributed by atoms with E-state index in [1.54, 1.807) is 0 Å². The molecule has 0 aromatic heterocycles. The number of carbonyl (C=O) groups is 1. The summed E-state index contributed by atoms with van der Waals surface area (Å²) >= 11 is 6.80. The minimum absolute atomic E-state index is 0.0134. The topological polar surface area (TPSA) is 29.1 Å². The first-order valence-corrected chi connectivity index (χ1v) is 7.99. The minimum atomic E-state index is -0.0134. The third-order valence-corrected chi connectivity index (χ3v) is 5.83. The molecule has 1 aliphatic rings. The highest BCUT2D eigenvalue weighted by Crippen LogP contribution is 2.67. The lowest BCUT2D eigenvalue weighted by atomic mass is 10.0. The highest BCUT2D eigenvalue weighted by atomic mass is 79.9. The van der Waals surface area contributed by atoms with Crippen LogP contribution < -0.4 is 5.32 Å². The summed E-state index contributed by atoms with van der Waals surface area (Å²) in [7, 11) is 0. The Morgan fingerprint density at radius 3 is 2.00 bits per heavy atom. The van der Waals surface area contributed by atoms with Crippen LogP contribution in [0.2, 0.25) is 0 Å². The van der Waals surface area contributed by atoms with E-state index in [2.05, 4.69) is 64.9 Å². The van der Waals surface area contributed by atoms with E-state index >= 15 is 0 Å². The molecule has 0 spiro atoms. The molecular weight excluding hydrogens is 370 g/mol. The molecule has 4 heteroatoms. The van der Waals surface area contributed by atoms with Crippen LogP contribution in [0.1, 0.15) is 38.1 Å². The van der Waals surface area contributed by atoms with Gasteiger partial charge in [0.2, 0.25) is 0 Å². The molecule has 1 aromatic rings. The van der Waals surface area contributed by atoms with Gasteiger partial charge in [0, 0.05) is 21.1 Å². The maximum absolute atomic E-state index is 12.2. The number of rotatable bonds is 3. The van der Waals surface area contributed by atoms with Crippen molar-refractivity contribution in [3.63, 3.8) is 0 Å². The van der Waals surface area contributed by atoms with Crippen LogP contribution in [-0.4, -0.2) is 12.5 Å². The van der Waals surface area contributed by atoms with Gasteiger partial charge in [-0.15, -0.1) is 0 Å². The zero-order valence-corrected chi connectivity index (χ0v) is 14.9. The molecule has 1 N–H and O–H groups in total. The lowest BCUT2D eigenvalue weighted by Crippen LogP contribution is -2.27. The predicted molar refractivity (Wildman–Crippen MR) is 85.2 cm³/mol. The maximum Gasteiger partial charge on any atom is 0.251 e. The van der Waals surface area contributed by atoms with Crippen LogP contribution >= 0.6 is 31.9 Å². The zero-order valence-electron chi connectivity index (χ0n) is 11.7. The summed E-state index contributed by atoms with van der Waals surface area (Å²) in [6, 6.07) is 5.59. The Balaban J connectivity index is 2.00. The standard InChI is InChI=1S/C15H19Br2NO/c1-14(2)12(15(14,3)4)8-18-13(19)9-5-10(16)7-11(17)6-9/h5-7,12H,8H2,1-4H3,(H,18,19). The largest absolute Gasteiger partial charge is 0.352 e. The van der Waals surface area contributed by atoms with E-state index in [1.807, 2.05) is 18.2 Å². The van der Waals surface area contributed by atoms with E-state index in [0.717, 1.165) is 15.5 Å². The molecule has 0 radical (unpaired) electrons. The highest BCUT2D eigenvalue weighted by molar-refractivity contribution is 9.11. The molecule has 1 fully saturated rings. The van der Waals surface area contributed by atoms with Crippen LogP contribution in [-0.2, 0) is 0 Å². The predicted octanol–water partition coefficient (Wildman–Crippen LogP) is 4.62. The number of hydrogen-bond donors (Lipinski definition) is 1. The SMILES string of the molecule is CC1(C)C(CNC(=O)c2cc(Br)cc(Br)c2)C1(C)C. The fourth-order valence-corrected chi connectivity index (χ4v) is 4.12. The second-order valence-electron chi connectivity index (χ2n) is 6.36. The van der Waals surface area contributed by atoms with Crippen molar-refractivity contribution in [3.05, 3.63) is 32.7 Å². The number of amides is 1. The van der Waals surface area contributed by atoms with Crippen LogP contribution in [0.4, 0.5) is 0 Å². The van der Waals surface area contributed by atoms with Crippen molar-refractivity contribution < 1.29 is 4.79 Å². The Kier molecular flexibility index (Phi) is 3.87. The molecule has 1 aromatic carbocycles. The van der Waals surface area contributed by atoms with Gasteiger partial charge in [-0.05, 0) is 34.9 Å². The molecule has 0 unspecified atom stereocenters. The molecule has 104 valence electrons. The van der Waals surface area contributed by atoms with E-state index < -0.39 is 0 Å². The van der Waals surface area contributed by atoms with Crippen LogP contribution in [0.25, 0.3) is 0 Å². The van der Waals surface area contributed by atoms with Gasteiger partial charge in [-0.25, -0.2) is 0 Å². The van der Waals surface area contributed by atoms with Crippen molar-refractivity contribution in [3.8, 4) is 0 Å². The monoisotopic (exact) mass is 387 g/mol. The minimum Gasteiger partial charge on any atom is -0.352 e. The highest BCUT2D eigenvalue weighted by Gasteiger charge is 2.64. The second-order valence-corrected chi connectivity index (χ2v) is 8.20. The second kappa shape index (κ2) is 4.88. The van der Waals surface area contributed by atoms with Crippen molar-refractivity contribution in [2.24, 2.45) is 16.7 Å². The Hall–Kier alpha value is -0.350. The Bertz CT molecular complexity index is 489. The maximum atomic E-state index is 12.2. The van der Waals surface area contributed by atoms with E-state index in [9.17, 15) is 4.79 Å². The molecule has 2 rings (SSSR count). The Morgan fingerprint density at radius 1 is 1.11 bits per heavy atom. The molecule has 0 saturated heterocycles. The number of carbonyl (C=O) groups excluding carboxylic acids is 1. The van der Waals surface area contributed by atoms with E-state index in [4.69, 9.17) is 0 Å². The third kappa shape index (κ3) is 2.75. The number of benzene rings is 1. The normalized spacial score (nSPS) is 20.1. The zero-order chi connectivity index (χ0) is 14.4. The summed E-state index contributed by atoms with van der Waals surface area (Å²) in [4.78, 5) is 12.2. The van der Waals surface area contributed by atoms with Crippen molar-refractivity contribution in [2.75, 3.05) is 6.54 Å². The molecule has 1 saturated carbocycles. The van der Waals surface area contributed by atoms with Gasteiger partial charge < -0.3 is 5.32 Å². The van der Waals surface area contributed by atoms with Gasteiger partial charge >= 0.3 is 0 Å². The summed E-state index contributed by atoms with van der Waals surface area (Å²) in [6.45, 7) is 9.79. The van der Waals surface area contributed by atoms with Gasteiger partial charge in [0.05, 0.1) is 0 Å². The molecular formula is C15H19Br2NO. The first kappa shape index (κ1) is 15.0. The summed E-state index contributed by atoms with van der Waals surface area (Å²) in [5, 5.41) is 3.05. The van der Waals surface area contributed by atoms with Crippen molar-refractivity contribution in [2.45, 2.75) is 27.7 Å². The Labute approximate surface area is 131 Å². The number of halogens is 2. The fraction of sp³-hybridized carbons (Fsp3) is 0.533. The average Bonchev–Trinajstić information content (AvgIpc) is 2.65. The number of hydrogen-bond acceptors (Lipinski definition) is 1.